The number of amides is 1. The van der Waals surface area contributed by atoms with Crippen molar-refractivity contribution in [3.8, 4) is 0 Å². The van der Waals surface area contributed by atoms with Gasteiger partial charge < -0.3 is 10.4 Å². The lowest BCUT2D eigenvalue weighted by molar-refractivity contribution is -0.142. The number of hydrogen-bond acceptors (Lipinski definition) is 4. The van der Waals surface area contributed by atoms with Gasteiger partial charge in [-0.15, -0.1) is 0 Å². The van der Waals surface area contributed by atoms with Gasteiger partial charge in [-0.25, -0.2) is 14.5 Å². The molecule has 1 atom stereocenters. The Morgan fingerprint density at radius 3 is 2.81 bits per heavy atom. The van der Waals surface area contributed by atoms with Gasteiger partial charge in [-0.2, -0.15) is 5.10 Å². The van der Waals surface area contributed by atoms with E-state index in [1.54, 1.807) is 0 Å². The Labute approximate surface area is 92.5 Å². The fourth-order valence-corrected chi connectivity index (χ4v) is 1.25. The van der Waals surface area contributed by atoms with E-state index in [1.165, 1.54) is 17.3 Å². The van der Waals surface area contributed by atoms with E-state index in [4.69, 9.17) is 5.11 Å². The summed E-state index contributed by atoms with van der Waals surface area (Å²) in [6.45, 7) is 1.84. The number of nitrogens with zero attached hydrogens (tertiary/aromatic N) is 3. The first-order valence-electron chi connectivity index (χ1n) is 4.98. The van der Waals surface area contributed by atoms with Gasteiger partial charge in [0.05, 0.1) is 0 Å². The van der Waals surface area contributed by atoms with Crippen molar-refractivity contribution in [1.82, 2.24) is 20.1 Å². The van der Waals surface area contributed by atoms with Crippen LogP contribution in [0.5, 0.6) is 0 Å². The van der Waals surface area contributed by atoms with Crippen LogP contribution in [0.25, 0.3) is 0 Å². The second kappa shape index (κ2) is 5.84. The summed E-state index contributed by atoms with van der Waals surface area (Å²) in [5.74, 6) is -1.40. The summed E-state index contributed by atoms with van der Waals surface area (Å²) >= 11 is 0. The molecular weight excluding hydrogens is 212 g/mol. The summed E-state index contributed by atoms with van der Waals surface area (Å²) in [6.07, 6.45) is 3.82. The van der Waals surface area contributed by atoms with Crippen molar-refractivity contribution in [3.05, 3.63) is 12.7 Å². The van der Waals surface area contributed by atoms with Gasteiger partial charge >= 0.3 is 5.97 Å². The van der Waals surface area contributed by atoms with Crippen molar-refractivity contribution in [2.24, 2.45) is 0 Å². The van der Waals surface area contributed by atoms with Crippen molar-refractivity contribution < 1.29 is 14.7 Å². The predicted octanol–water partition coefficient (Wildman–Crippen LogP) is -0.352. The van der Waals surface area contributed by atoms with Gasteiger partial charge in [0.2, 0.25) is 5.91 Å². The second-order valence-corrected chi connectivity index (χ2v) is 3.34. The van der Waals surface area contributed by atoms with Crippen molar-refractivity contribution in [2.75, 3.05) is 0 Å². The Bertz CT molecular complexity index is 350. The lowest BCUT2D eigenvalue weighted by atomic mass is 10.2. The number of nitrogens with one attached hydrogen (secondary N) is 1. The van der Waals surface area contributed by atoms with Crippen LogP contribution < -0.4 is 5.32 Å². The maximum atomic E-state index is 11.4. The van der Waals surface area contributed by atoms with E-state index in [9.17, 15) is 9.59 Å². The van der Waals surface area contributed by atoms with Crippen molar-refractivity contribution >= 4 is 11.9 Å². The first-order valence-corrected chi connectivity index (χ1v) is 4.98. The molecule has 2 N–H and O–H groups in total. The Kier molecular flexibility index (Phi) is 4.43. The molecule has 0 fully saturated rings. The number of carboxylic acid groups (broad SMARTS) is 1. The minimum absolute atomic E-state index is 0.0203. The molecule has 1 heterocycles. The third-order valence-electron chi connectivity index (χ3n) is 1.98. The molecular formula is C9H14N4O3. The van der Waals surface area contributed by atoms with Crippen LogP contribution in [0.1, 0.15) is 19.8 Å². The molecule has 1 amide bonds. The molecule has 0 aliphatic heterocycles. The van der Waals surface area contributed by atoms with Crippen LogP contribution in [-0.4, -0.2) is 37.8 Å². The minimum atomic E-state index is -1.02. The number of aliphatic carboxylic acids is 1. The third-order valence-corrected chi connectivity index (χ3v) is 1.98. The molecule has 0 aliphatic carbocycles. The zero-order valence-corrected chi connectivity index (χ0v) is 8.96. The molecule has 0 aromatic carbocycles. The first kappa shape index (κ1) is 12.2. The van der Waals surface area contributed by atoms with Gasteiger partial charge in [0.1, 0.15) is 25.2 Å². The highest BCUT2D eigenvalue weighted by molar-refractivity contribution is 5.83. The van der Waals surface area contributed by atoms with E-state index in [0.717, 1.165) is 0 Å². The van der Waals surface area contributed by atoms with Crippen LogP contribution in [0.3, 0.4) is 0 Å². The molecule has 1 aromatic rings. The maximum Gasteiger partial charge on any atom is 0.326 e. The number of carboxylic acids is 1. The Morgan fingerprint density at radius 1 is 1.56 bits per heavy atom. The second-order valence-electron chi connectivity index (χ2n) is 3.34. The minimum Gasteiger partial charge on any atom is -0.480 e. The molecule has 1 rings (SSSR count). The zero-order valence-electron chi connectivity index (χ0n) is 8.96. The highest BCUT2D eigenvalue weighted by Gasteiger charge is 2.18. The van der Waals surface area contributed by atoms with Crippen LogP contribution in [0, 0.1) is 0 Å². The summed E-state index contributed by atoms with van der Waals surface area (Å²) in [5.41, 5.74) is 0. The number of carbonyl (C=O) groups is 2. The fourth-order valence-electron chi connectivity index (χ4n) is 1.25. The van der Waals surface area contributed by atoms with Crippen molar-refractivity contribution in [3.63, 3.8) is 0 Å². The van der Waals surface area contributed by atoms with E-state index in [2.05, 4.69) is 15.4 Å². The Hall–Kier alpha value is -1.92. The largest absolute Gasteiger partial charge is 0.480 e. The van der Waals surface area contributed by atoms with Crippen LogP contribution in [-0.2, 0) is 16.1 Å². The summed E-state index contributed by atoms with van der Waals surface area (Å²) in [5, 5.41) is 15.0. The predicted molar refractivity (Wildman–Crippen MR) is 54.5 cm³/mol. The summed E-state index contributed by atoms with van der Waals surface area (Å²) in [4.78, 5) is 25.9. The van der Waals surface area contributed by atoms with Crippen molar-refractivity contribution in [2.45, 2.75) is 32.4 Å². The van der Waals surface area contributed by atoms with Gasteiger partial charge in [-0.1, -0.05) is 13.3 Å². The normalized spacial score (nSPS) is 12.1. The quantitative estimate of drug-likeness (QED) is 0.690. The summed E-state index contributed by atoms with van der Waals surface area (Å²) in [6, 6.07) is -0.832. The topological polar surface area (TPSA) is 97.1 Å². The van der Waals surface area contributed by atoms with Crippen LogP contribution in [0.15, 0.2) is 12.7 Å². The molecule has 0 radical (unpaired) electrons. The third kappa shape index (κ3) is 3.68. The number of rotatable bonds is 6. The van der Waals surface area contributed by atoms with E-state index in [0.29, 0.717) is 12.8 Å². The van der Waals surface area contributed by atoms with E-state index < -0.39 is 12.0 Å². The lowest BCUT2D eigenvalue weighted by Gasteiger charge is -2.13. The first-order chi connectivity index (χ1) is 7.63. The van der Waals surface area contributed by atoms with E-state index >= 15 is 0 Å². The molecule has 0 saturated heterocycles. The molecule has 0 unspecified atom stereocenters. The molecule has 88 valence electrons. The fraction of sp³-hybridized carbons (Fsp3) is 0.556. The van der Waals surface area contributed by atoms with Gasteiger partial charge in [0.15, 0.2) is 0 Å². The van der Waals surface area contributed by atoms with Gasteiger partial charge in [-0.3, -0.25) is 4.79 Å². The number of aromatic nitrogens is 3. The van der Waals surface area contributed by atoms with Crippen LogP contribution >= 0.6 is 0 Å². The van der Waals surface area contributed by atoms with Crippen molar-refractivity contribution in [1.29, 1.82) is 0 Å². The summed E-state index contributed by atoms with van der Waals surface area (Å²) in [7, 11) is 0. The van der Waals surface area contributed by atoms with Crippen LogP contribution in [0.2, 0.25) is 0 Å². The monoisotopic (exact) mass is 226 g/mol. The molecule has 7 heteroatoms. The summed E-state index contributed by atoms with van der Waals surface area (Å²) < 4.78 is 1.33. The average molecular weight is 226 g/mol. The zero-order chi connectivity index (χ0) is 12.0. The SMILES string of the molecule is CCC[C@@H](NC(=O)Cn1cncn1)C(=O)O. The average Bonchev–Trinajstić information content (AvgIpc) is 2.69. The standard InChI is InChI=1S/C9H14N4O3/c1-2-3-7(9(15)16)12-8(14)4-13-6-10-5-11-13/h5-7H,2-4H2,1H3,(H,12,14)(H,15,16)/t7-/m1/s1. The van der Waals surface area contributed by atoms with Crippen LogP contribution in [0.4, 0.5) is 0 Å². The van der Waals surface area contributed by atoms with Gasteiger partial charge in [0.25, 0.3) is 0 Å². The molecule has 0 bridgehead atoms. The molecule has 0 spiro atoms. The van der Waals surface area contributed by atoms with Gasteiger partial charge in [0, 0.05) is 0 Å². The smallest absolute Gasteiger partial charge is 0.326 e. The highest BCUT2D eigenvalue weighted by Crippen LogP contribution is 1.97. The van der Waals surface area contributed by atoms with E-state index in [-0.39, 0.29) is 12.5 Å². The molecule has 0 aliphatic rings. The molecule has 7 nitrogen and oxygen atoms in total. The Morgan fingerprint density at radius 2 is 2.31 bits per heavy atom. The van der Waals surface area contributed by atoms with E-state index in [1.807, 2.05) is 6.92 Å². The van der Waals surface area contributed by atoms with Gasteiger partial charge in [-0.05, 0) is 6.42 Å². The Balaban J connectivity index is 2.45. The highest BCUT2D eigenvalue weighted by atomic mass is 16.4. The molecule has 16 heavy (non-hydrogen) atoms. The number of hydrogen-bond donors (Lipinski definition) is 2. The number of carbonyl (C=O) groups excluding carboxylic acids is 1. The molecule has 1 aromatic heterocycles. The maximum absolute atomic E-state index is 11.4. The lowest BCUT2D eigenvalue weighted by Crippen LogP contribution is -2.42. The molecule has 0 saturated carbocycles.